The van der Waals surface area contributed by atoms with Gasteiger partial charge in [0.2, 0.25) is 0 Å². The predicted octanol–water partition coefficient (Wildman–Crippen LogP) is 3.99. The number of thiophene rings is 1. The first-order chi connectivity index (χ1) is 12.1. The summed E-state index contributed by atoms with van der Waals surface area (Å²) in [6.07, 6.45) is 11.4. The minimum Gasteiger partial charge on any atom is -0.299 e. The molecule has 3 heterocycles. The van der Waals surface area contributed by atoms with E-state index >= 15 is 0 Å². The third-order valence-corrected chi connectivity index (χ3v) is 7.18. The van der Waals surface area contributed by atoms with Gasteiger partial charge in [-0.15, -0.1) is 11.3 Å². The molecule has 0 aromatic carbocycles. The van der Waals surface area contributed by atoms with Crippen molar-refractivity contribution < 1.29 is 0 Å². The highest BCUT2D eigenvalue weighted by Gasteiger charge is 2.25. The van der Waals surface area contributed by atoms with Gasteiger partial charge >= 0.3 is 0 Å². The monoisotopic (exact) mass is 359 g/mol. The molecule has 2 aromatic heterocycles. The van der Waals surface area contributed by atoms with E-state index in [1.54, 1.807) is 17.7 Å². The fourth-order valence-electron chi connectivity index (χ4n) is 4.64. The summed E-state index contributed by atoms with van der Waals surface area (Å²) in [4.78, 5) is 22.7. The van der Waals surface area contributed by atoms with Crippen LogP contribution < -0.4 is 5.56 Å². The maximum Gasteiger partial charge on any atom is 0.262 e. The molecule has 4 nitrogen and oxygen atoms in total. The molecule has 0 amide bonds. The number of hydrogen-bond donors (Lipinski definition) is 0. The predicted molar refractivity (Wildman–Crippen MR) is 105 cm³/mol. The Hall–Kier alpha value is -1.20. The van der Waals surface area contributed by atoms with Crippen molar-refractivity contribution in [2.75, 3.05) is 6.54 Å². The molecule has 0 unspecified atom stereocenters. The molecule has 1 saturated heterocycles. The summed E-state index contributed by atoms with van der Waals surface area (Å²) in [5, 5.41) is 0.923. The van der Waals surface area contributed by atoms with Gasteiger partial charge in [0.15, 0.2) is 0 Å². The van der Waals surface area contributed by atoms with Crippen LogP contribution in [0.25, 0.3) is 10.2 Å². The number of aryl methyl sites for hydroxylation is 3. The third-order valence-electron chi connectivity index (χ3n) is 5.98. The molecule has 5 heteroatoms. The Morgan fingerprint density at radius 2 is 2.08 bits per heavy atom. The smallest absolute Gasteiger partial charge is 0.262 e. The zero-order chi connectivity index (χ0) is 17.4. The molecule has 0 saturated carbocycles. The highest BCUT2D eigenvalue weighted by Crippen LogP contribution is 2.33. The fourth-order valence-corrected chi connectivity index (χ4v) is 5.86. The average molecular weight is 360 g/mol. The first-order valence-corrected chi connectivity index (χ1v) is 10.7. The van der Waals surface area contributed by atoms with Crippen molar-refractivity contribution in [1.82, 2.24) is 14.5 Å². The van der Waals surface area contributed by atoms with Crippen LogP contribution in [0.4, 0.5) is 0 Å². The first kappa shape index (κ1) is 17.2. The van der Waals surface area contributed by atoms with Gasteiger partial charge in [-0.1, -0.05) is 6.42 Å². The number of likely N-dealkylation sites (tertiary alicyclic amines) is 1. The van der Waals surface area contributed by atoms with Crippen molar-refractivity contribution in [3.05, 3.63) is 27.1 Å². The zero-order valence-electron chi connectivity index (χ0n) is 15.5. The van der Waals surface area contributed by atoms with Crippen molar-refractivity contribution in [3.63, 3.8) is 0 Å². The van der Waals surface area contributed by atoms with Crippen molar-refractivity contribution in [2.24, 2.45) is 0 Å². The second kappa shape index (κ2) is 7.20. The van der Waals surface area contributed by atoms with Crippen LogP contribution in [0.3, 0.4) is 0 Å². The molecular weight excluding hydrogens is 330 g/mol. The molecule has 25 heavy (non-hydrogen) atoms. The Kier molecular flexibility index (Phi) is 4.96. The van der Waals surface area contributed by atoms with Crippen molar-refractivity contribution in [3.8, 4) is 0 Å². The van der Waals surface area contributed by atoms with Crippen LogP contribution in [0, 0.1) is 0 Å². The number of fused-ring (bicyclic) bond motifs is 3. The second-order valence-electron chi connectivity index (χ2n) is 7.90. The lowest BCUT2D eigenvalue weighted by molar-refractivity contribution is 0.102. The van der Waals surface area contributed by atoms with Crippen LogP contribution in [-0.4, -0.2) is 33.1 Å². The number of nitrogens with zero attached hydrogens (tertiary/aromatic N) is 3. The van der Waals surface area contributed by atoms with Crippen LogP contribution >= 0.6 is 11.3 Å². The van der Waals surface area contributed by atoms with Gasteiger partial charge in [-0.2, -0.15) is 0 Å². The summed E-state index contributed by atoms with van der Waals surface area (Å²) in [7, 11) is 0. The Balaban J connectivity index is 1.57. The largest absolute Gasteiger partial charge is 0.299 e. The minimum absolute atomic E-state index is 0.191. The Labute approximate surface area is 153 Å². The molecule has 1 fully saturated rings. The molecule has 0 bridgehead atoms. The average Bonchev–Trinajstić information content (AvgIpc) is 3.00. The second-order valence-corrected chi connectivity index (χ2v) is 8.99. The van der Waals surface area contributed by atoms with E-state index in [4.69, 9.17) is 0 Å². The van der Waals surface area contributed by atoms with E-state index in [2.05, 4.69) is 23.7 Å². The standard InChI is InChI=1S/C20H29N3OS/c1-14(2)23-11-6-5-7-15(23)10-12-22-13-21-19-18(20(22)24)16-8-3-4-9-17(16)25-19/h13-15H,3-12H2,1-2H3/t15-/m1/s1. The first-order valence-electron chi connectivity index (χ1n) is 9.90. The SMILES string of the molecule is CC(C)N1CCCC[C@@H]1CCn1cnc2sc3c(c2c1=O)CCCC3. The minimum atomic E-state index is 0.191. The summed E-state index contributed by atoms with van der Waals surface area (Å²) >= 11 is 1.74. The van der Waals surface area contributed by atoms with E-state index < -0.39 is 0 Å². The van der Waals surface area contributed by atoms with Crippen LogP contribution in [0.1, 0.15) is 62.8 Å². The number of aromatic nitrogens is 2. The fraction of sp³-hybridized carbons (Fsp3) is 0.700. The Morgan fingerprint density at radius 3 is 2.92 bits per heavy atom. The van der Waals surface area contributed by atoms with Crippen LogP contribution in [0.15, 0.2) is 11.1 Å². The summed E-state index contributed by atoms with van der Waals surface area (Å²) in [6.45, 7) is 6.57. The van der Waals surface area contributed by atoms with E-state index in [9.17, 15) is 4.79 Å². The molecular formula is C20H29N3OS. The summed E-state index contributed by atoms with van der Waals surface area (Å²) in [5.41, 5.74) is 1.50. The highest BCUT2D eigenvalue weighted by molar-refractivity contribution is 7.18. The van der Waals surface area contributed by atoms with Gasteiger partial charge in [0.25, 0.3) is 5.56 Å². The highest BCUT2D eigenvalue weighted by atomic mass is 32.1. The van der Waals surface area contributed by atoms with Gasteiger partial charge in [-0.3, -0.25) is 14.3 Å². The van der Waals surface area contributed by atoms with Gasteiger partial charge in [-0.25, -0.2) is 4.98 Å². The summed E-state index contributed by atoms with van der Waals surface area (Å²) < 4.78 is 1.87. The molecule has 0 radical (unpaired) electrons. The van der Waals surface area contributed by atoms with Crippen molar-refractivity contribution in [2.45, 2.75) is 83.8 Å². The topological polar surface area (TPSA) is 38.1 Å². The lowest BCUT2D eigenvalue weighted by Crippen LogP contribution is -2.44. The zero-order valence-corrected chi connectivity index (χ0v) is 16.3. The van der Waals surface area contributed by atoms with Crippen LogP contribution in [0.5, 0.6) is 0 Å². The van der Waals surface area contributed by atoms with Gasteiger partial charge in [0.05, 0.1) is 11.7 Å². The van der Waals surface area contributed by atoms with Crippen LogP contribution in [-0.2, 0) is 19.4 Å². The molecule has 4 rings (SSSR count). The van der Waals surface area contributed by atoms with Gasteiger partial charge in [0, 0.05) is 23.5 Å². The molecule has 136 valence electrons. The Bertz CT molecular complexity index is 807. The lowest BCUT2D eigenvalue weighted by Gasteiger charge is -2.38. The summed E-state index contributed by atoms with van der Waals surface area (Å²) in [5.74, 6) is 0. The lowest BCUT2D eigenvalue weighted by atomic mass is 9.97. The molecule has 2 aromatic rings. The maximum atomic E-state index is 13.1. The number of hydrogen-bond acceptors (Lipinski definition) is 4. The van der Waals surface area contributed by atoms with E-state index in [1.165, 1.54) is 49.1 Å². The summed E-state index contributed by atoms with van der Waals surface area (Å²) in [6, 6.07) is 1.19. The molecule has 1 atom stereocenters. The van der Waals surface area contributed by atoms with Gasteiger partial charge in [0.1, 0.15) is 4.83 Å². The van der Waals surface area contributed by atoms with Gasteiger partial charge in [-0.05, 0) is 70.9 Å². The number of piperidine rings is 1. The molecule has 0 N–H and O–H groups in total. The third kappa shape index (κ3) is 3.28. The van der Waals surface area contributed by atoms with Crippen molar-refractivity contribution >= 4 is 21.6 Å². The van der Waals surface area contributed by atoms with E-state index in [0.29, 0.717) is 12.1 Å². The van der Waals surface area contributed by atoms with E-state index in [1.807, 2.05) is 4.57 Å². The normalized spacial score (nSPS) is 21.8. The molecule has 0 spiro atoms. The quantitative estimate of drug-likeness (QED) is 0.828. The molecule has 1 aliphatic heterocycles. The van der Waals surface area contributed by atoms with E-state index in [-0.39, 0.29) is 5.56 Å². The number of rotatable bonds is 4. The Morgan fingerprint density at radius 1 is 1.24 bits per heavy atom. The molecule has 2 aliphatic rings. The molecule has 1 aliphatic carbocycles. The van der Waals surface area contributed by atoms with Gasteiger partial charge < -0.3 is 0 Å². The van der Waals surface area contributed by atoms with Crippen molar-refractivity contribution in [1.29, 1.82) is 0 Å². The van der Waals surface area contributed by atoms with Crippen LogP contribution in [0.2, 0.25) is 0 Å². The van der Waals surface area contributed by atoms with E-state index in [0.717, 1.165) is 36.0 Å². The maximum absolute atomic E-state index is 13.1.